The van der Waals surface area contributed by atoms with E-state index in [1.54, 1.807) is 6.26 Å². The second-order valence-corrected chi connectivity index (χ2v) is 4.74. The van der Waals surface area contributed by atoms with E-state index in [9.17, 15) is 0 Å². The van der Waals surface area contributed by atoms with E-state index in [0.29, 0.717) is 6.54 Å². The van der Waals surface area contributed by atoms with Crippen LogP contribution >= 0.6 is 0 Å². The summed E-state index contributed by atoms with van der Waals surface area (Å²) in [5, 5.41) is 13.6. The Morgan fingerprint density at radius 1 is 1.35 bits per heavy atom. The number of benzene rings is 1. The van der Waals surface area contributed by atoms with Crippen molar-refractivity contribution in [2.75, 3.05) is 11.9 Å². The fourth-order valence-corrected chi connectivity index (χ4v) is 2.31. The number of furan rings is 1. The fourth-order valence-electron chi connectivity index (χ4n) is 2.31. The number of nitrogens with one attached hydrogen (secondary N) is 1. The van der Waals surface area contributed by atoms with Gasteiger partial charge >= 0.3 is 0 Å². The van der Waals surface area contributed by atoms with Gasteiger partial charge in [0, 0.05) is 11.9 Å². The Hall–Kier alpha value is -1.95. The molecule has 1 heterocycles. The number of anilines is 1. The first kappa shape index (κ1) is 10.2. The highest BCUT2D eigenvalue weighted by atomic mass is 16.3. The molecule has 2 aromatic rings. The van der Waals surface area contributed by atoms with Crippen LogP contribution in [0.5, 0.6) is 0 Å². The van der Waals surface area contributed by atoms with Gasteiger partial charge in [-0.25, -0.2) is 0 Å². The maximum absolute atomic E-state index is 9.17. The molecule has 0 atom stereocenters. The third-order valence-corrected chi connectivity index (χ3v) is 3.65. The highest BCUT2D eigenvalue weighted by molar-refractivity contribution is 5.90. The minimum Gasteiger partial charge on any atom is -0.462 e. The molecule has 3 heteroatoms. The molecule has 0 radical (unpaired) electrons. The van der Waals surface area contributed by atoms with Crippen LogP contribution < -0.4 is 5.32 Å². The zero-order chi connectivity index (χ0) is 11.7. The van der Waals surface area contributed by atoms with Crippen molar-refractivity contribution in [3.8, 4) is 6.07 Å². The first-order valence-corrected chi connectivity index (χ1v) is 5.94. The molecule has 1 aliphatic carbocycles. The van der Waals surface area contributed by atoms with Crippen LogP contribution in [-0.2, 0) is 0 Å². The normalized spacial score (nSPS) is 17.4. The number of nitrogens with zero attached hydrogens (tertiary/aromatic N) is 1. The summed E-state index contributed by atoms with van der Waals surface area (Å²) >= 11 is 0. The first-order valence-electron chi connectivity index (χ1n) is 5.94. The summed E-state index contributed by atoms with van der Waals surface area (Å²) in [6.45, 7) is 0.715. The van der Waals surface area contributed by atoms with Gasteiger partial charge in [-0.15, -0.1) is 0 Å². The predicted octanol–water partition coefficient (Wildman–Crippen LogP) is 3.54. The Morgan fingerprint density at radius 3 is 2.88 bits per heavy atom. The van der Waals surface area contributed by atoms with E-state index in [0.717, 1.165) is 29.5 Å². The van der Waals surface area contributed by atoms with Crippen LogP contribution in [0.3, 0.4) is 0 Å². The van der Waals surface area contributed by atoms with Crippen LogP contribution in [0.15, 0.2) is 34.9 Å². The zero-order valence-corrected chi connectivity index (χ0v) is 9.57. The number of nitriles is 1. The Labute approximate surface area is 100 Å². The molecule has 1 aromatic heterocycles. The fraction of sp³-hybridized carbons (Fsp3) is 0.357. The van der Waals surface area contributed by atoms with Crippen LogP contribution in [0.4, 0.5) is 5.69 Å². The molecule has 1 aromatic carbocycles. The summed E-state index contributed by atoms with van der Waals surface area (Å²) in [5.74, 6) is 0. The van der Waals surface area contributed by atoms with Gasteiger partial charge in [0.25, 0.3) is 0 Å². The first-order chi connectivity index (χ1) is 8.33. The summed E-state index contributed by atoms with van der Waals surface area (Å²) in [7, 11) is 0. The smallest absolute Gasteiger partial charge is 0.136 e. The molecule has 1 saturated carbocycles. The second-order valence-electron chi connectivity index (χ2n) is 4.74. The standard InChI is InChI=1S/C14H14N2O/c15-9-14(6-3-7-14)10-16-12-8-17-13-5-2-1-4-11(12)13/h1-2,4-5,8,16H,3,6-7,10H2. The van der Waals surface area contributed by atoms with Crippen LogP contribution in [0.1, 0.15) is 19.3 Å². The Bertz CT molecular complexity index is 575. The van der Waals surface area contributed by atoms with E-state index in [4.69, 9.17) is 9.68 Å². The molecule has 86 valence electrons. The monoisotopic (exact) mass is 226 g/mol. The SMILES string of the molecule is N#CC1(CNc2coc3ccccc23)CCC1. The topological polar surface area (TPSA) is 49.0 Å². The van der Waals surface area contributed by atoms with Crippen molar-refractivity contribution in [2.24, 2.45) is 5.41 Å². The Kier molecular flexibility index (Phi) is 2.29. The van der Waals surface area contributed by atoms with Crippen LogP contribution in [0.2, 0.25) is 0 Å². The largest absolute Gasteiger partial charge is 0.462 e. The van der Waals surface area contributed by atoms with Crippen molar-refractivity contribution in [3.63, 3.8) is 0 Å². The van der Waals surface area contributed by atoms with Crippen molar-refractivity contribution in [1.82, 2.24) is 0 Å². The molecule has 3 rings (SSSR count). The van der Waals surface area contributed by atoms with E-state index in [1.807, 2.05) is 24.3 Å². The quantitative estimate of drug-likeness (QED) is 0.870. The van der Waals surface area contributed by atoms with E-state index in [1.165, 1.54) is 6.42 Å². The molecule has 1 N–H and O–H groups in total. The van der Waals surface area contributed by atoms with Gasteiger partial charge in [0.1, 0.15) is 11.8 Å². The third kappa shape index (κ3) is 1.66. The molecular formula is C14H14N2O. The number of para-hydroxylation sites is 1. The maximum atomic E-state index is 9.17. The van der Waals surface area contributed by atoms with Crippen LogP contribution in [0.25, 0.3) is 11.0 Å². The minimum absolute atomic E-state index is 0.154. The second kappa shape index (κ2) is 3.81. The number of rotatable bonds is 3. The van der Waals surface area contributed by atoms with Gasteiger partial charge in [-0.1, -0.05) is 18.6 Å². The molecule has 1 fully saturated rings. The molecule has 0 saturated heterocycles. The summed E-state index contributed by atoms with van der Waals surface area (Å²) in [5.41, 5.74) is 1.72. The van der Waals surface area contributed by atoms with Crippen molar-refractivity contribution in [1.29, 1.82) is 5.26 Å². The molecular weight excluding hydrogens is 212 g/mol. The Morgan fingerprint density at radius 2 is 2.18 bits per heavy atom. The van der Waals surface area contributed by atoms with Crippen molar-refractivity contribution >= 4 is 16.7 Å². The van der Waals surface area contributed by atoms with Crippen LogP contribution in [0, 0.1) is 16.7 Å². The van der Waals surface area contributed by atoms with Gasteiger partial charge in [-0.2, -0.15) is 5.26 Å². The lowest BCUT2D eigenvalue weighted by molar-refractivity contribution is 0.233. The van der Waals surface area contributed by atoms with Gasteiger partial charge < -0.3 is 9.73 Å². The van der Waals surface area contributed by atoms with Crippen molar-refractivity contribution < 1.29 is 4.42 Å². The van der Waals surface area contributed by atoms with Gasteiger partial charge in [-0.3, -0.25) is 0 Å². The maximum Gasteiger partial charge on any atom is 0.136 e. The molecule has 0 aliphatic heterocycles. The minimum atomic E-state index is -0.154. The molecule has 17 heavy (non-hydrogen) atoms. The highest BCUT2D eigenvalue weighted by Crippen LogP contribution is 2.40. The summed E-state index contributed by atoms with van der Waals surface area (Å²) in [6, 6.07) is 10.4. The van der Waals surface area contributed by atoms with Gasteiger partial charge in [0.2, 0.25) is 0 Å². The van der Waals surface area contributed by atoms with Gasteiger partial charge in [-0.05, 0) is 25.0 Å². The number of fused-ring (bicyclic) bond motifs is 1. The zero-order valence-electron chi connectivity index (χ0n) is 9.57. The summed E-state index contributed by atoms with van der Waals surface area (Å²) in [6.07, 6.45) is 4.91. The number of hydrogen-bond acceptors (Lipinski definition) is 3. The molecule has 0 amide bonds. The Balaban J connectivity index is 1.79. The predicted molar refractivity (Wildman–Crippen MR) is 66.6 cm³/mol. The molecule has 0 bridgehead atoms. The van der Waals surface area contributed by atoms with E-state index < -0.39 is 0 Å². The van der Waals surface area contributed by atoms with E-state index in [2.05, 4.69) is 11.4 Å². The average molecular weight is 226 g/mol. The number of hydrogen-bond donors (Lipinski definition) is 1. The van der Waals surface area contributed by atoms with E-state index in [-0.39, 0.29) is 5.41 Å². The van der Waals surface area contributed by atoms with Crippen molar-refractivity contribution in [2.45, 2.75) is 19.3 Å². The summed E-state index contributed by atoms with van der Waals surface area (Å²) < 4.78 is 5.45. The van der Waals surface area contributed by atoms with E-state index >= 15 is 0 Å². The lowest BCUT2D eigenvalue weighted by Crippen LogP contribution is -2.34. The molecule has 0 unspecified atom stereocenters. The molecule has 0 spiro atoms. The van der Waals surface area contributed by atoms with Crippen LogP contribution in [-0.4, -0.2) is 6.54 Å². The lowest BCUT2D eigenvalue weighted by atomic mass is 9.70. The van der Waals surface area contributed by atoms with Gasteiger partial charge in [0.05, 0.1) is 17.2 Å². The summed E-state index contributed by atoms with van der Waals surface area (Å²) in [4.78, 5) is 0. The third-order valence-electron chi connectivity index (χ3n) is 3.65. The molecule has 1 aliphatic rings. The highest BCUT2D eigenvalue weighted by Gasteiger charge is 2.37. The average Bonchev–Trinajstić information content (AvgIpc) is 2.72. The van der Waals surface area contributed by atoms with Gasteiger partial charge in [0.15, 0.2) is 0 Å². The lowest BCUT2D eigenvalue weighted by Gasteiger charge is -2.35. The van der Waals surface area contributed by atoms with Crippen molar-refractivity contribution in [3.05, 3.63) is 30.5 Å². The molecule has 3 nitrogen and oxygen atoms in total.